The lowest BCUT2D eigenvalue weighted by molar-refractivity contribution is 0.102. The van der Waals surface area contributed by atoms with Crippen molar-refractivity contribution in [3.63, 3.8) is 0 Å². The number of ketones is 1. The summed E-state index contributed by atoms with van der Waals surface area (Å²) >= 11 is 1.80. The molecule has 0 saturated carbocycles. The summed E-state index contributed by atoms with van der Waals surface area (Å²) in [5, 5.41) is 4.28. The molecule has 6 aromatic rings. The molecule has 0 saturated heterocycles. The van der Waals surface area contributed by atoms with Crippen LogP contribution in [0.3, 0.4) is 0 Å². The lowest BCUT2D eigenvalue weighted by atomic mass is 9.80. The molecule has 0 unspecified atom stereocenters. The molecule has 316 valence electrons. The highest BCUT2D eigenvalue weighted by atomic mass is 32.2. The second-order valence-corrected chi connectivity index (χ2v) is 18.2. The van der Waals surface area contributed by atoms with Crippen LogP contribution < -0.4 is 59.1 Å². The van der Waals surface area contributed by atoms with Crippen LogP contribution in [0.4, 0.5) is 11.4 Å². The summed E-state index contributed by atoms with van der Waals surface area (Å²) in [4.78, 5) is 20.9. The molecule has 9 nitrogen and oxygen atoms in total. The molecule has 0 aromatic heterocycles. The van der Waals surface area contributed by atoms with Gasteiger partial charge in [0.05, 0.1) is 45.4 Å². The third-order valence-corrected chi connectivity index (χ3v) is 14.6. The maximum atomic E-state index is 14.1. The molecule has 0 fully saturated rings. The Labute approximate surface area is 371 Å². The molecule has 1 aliphatic carbocycles. The first-order valence-electron chi connectivity index (χ1n) is 21.8. The second kappa shape index (κ2) is 15.4. The molecular formula is C53H50N4O5S+2. The van der Waals surface area contributed by atoms with Gasteiger partial charge in [0.1, 0.15) is 40.5 Å². The van der Waals surface area contributed by atoms with Crippen molar-refractivity contribution in [2.24, 2.45) is 0 Å². The molecule has 10 heteroatoms. The van der Waals surface area contributed by atoms with Gasteiger partial charge in [-0.2, -0.15) is 0 Å². The number of carbonyl (C=O) groups excluding carboxylic acids is 1. The largest absolute Gasteiger partial charge is 0.489 e. The summed E-state index contributed by atoms with van der Waals surface area (Å²) in [6.07, 6.45) is 0. The Morgan fingerprint density at radius 3 is 1.68 bits per heavy atom. The maximum absolute atomic E-state index is 14.1. The predicted octanol–water partition coefficient (Wildman–Crippen LogP) is 5.18. The second-order valence-electron chi connectivity index (χ2n) is 17.1. The molecule has 5 heterocycles. The summed E-state index contributed by atoms with van der Waals surface area (Å²) in [5.74, 6) is 3.33. The van der Waals surface area contributed by atoms with E-state index in [-0.39, 0.29) is 5.78 Å². The van der Waals surface area contributed by atoms with Crippen LogP contribution in [0, 0.1) is 13.8 Å². The summed E-state index contributed by atoms with van der Waals surface area (Å²) in [6.45, 7) is 10.3. The van der Waals surface area contributed by atoms with Crippen LogP contribution in [-0.2, 0) is 0 Å². The van der Waals surface area contributed by atoms with Crippen molar-refractivity contribution in [2.75, 3.05) is 90.6 Å². The zero-order chi connectivity index (χ0) is 43.1. The van der Waals surface area contributed by atoms with E-state index in [1.54, 1.807) is 11.8 Å². The molecule has 0 spiro atoms. The van der Waals surface area contributed by atoms with Crippen molar-refractivity contribution in [3.05, 3.63) is 163 Å². The van der Waals surface area contributed by atoms with Gasteiger partial charge in [0.25, 0.3) is 0 Å². The Hall–Kier alpha value is -6.52. The first kappa shape index (κ1) is 39.3. The van der Waals surface area contributed by atoms with Crippen LogP contribution in [0.15, 0.2) is 107 Å². The van der Waals surface area contributed by atoms with Gasteiger partial charge in [0.15, 0.2) is 24.6 Å². The lowest BCUT2D eigenvalue weighted by Crippen LogP contribution is -2.41. The van der Waals surface area contributed by atoms with Crippen molar-refractivity contribution in [2.45, 2.75) is 23.6 Å². The SMILES string of the molecule is Cc1ccccc1C1=c2ccc3c(c2C(=O)c2c1ccc1c2OCCN1C)OCC[N+]=3C.Cc1ccccc1C1=c2ccc3c(c2Sc2c1ccc1c2OCCN1C)OCC[N+]=3C. The van der Waals surface area contributed by atoms with E-state index in [9.17, 15) is 4.79 Å². The van der Waals surface area contributed by atoms with Crippen LogP contribution in [0.5, 0.6) is 23.0 Å². The Morgan fingerprint density at radius 2 is 1.03 bits per heavy atom. The fraction of sp³-hybridized carbons (Fsp3) is 0.264. The highest BCUT2D eigenvalue weighted by Gasteiger charge is 2.37. The number of nitrogens with zero attached hydrogens (tertiary/aromatic N) is 4. The van der Waals surface area contributed by atoms with Crippen molar-refractivity contribution in [1.29, 1.82) is 0 Å². The lowest BCUT2D eigenvalue weighted by Gasteiger charge is -2.32. The third kappa shape index (κ3) is 6.24. The summed E-state index contributed by atoms with van der Waals surface area (Å²) < 4.78 is 29.2. The van der Waals surface area contributed by atoms with E-state index in [1.165, 1.54) is 42.8 Å². The molecule has 0 N–H and O–H groups in total. The Balaban J connectivity index is 0.000000141. The number of carbonyl (C=O) groups is 1. The van der Waals surface area contributed by atoms with E-state index in [4.69, 9.17) is 18.9 Å². The predicted molar refractivity (Wildman–Crippen MR) is 250 cm³/mol. The van der Waals surface area contributed by atoms with Crippen molar-refractivity contribution >= 4 is 40.1 Å². The Kier molecular flexibility index (Phi) is 9.60. The van der Waals surface area contributed by atoms with Crippen LogP contribution in [0.25, 0.3) is 11.1 Å². The van der Waals surface area contributed by atoms with Gasteiger partial charge in [0.2, 0.25) is 28.0 Å². The highest BCUT2D eigenvalue weighted by molar-refractivity contribution is 7.99. The van der Waals surface area contributed by atoms with Crippen molar-refractivity contribution < 1.29 is 23.7 Å². The van der Waals surface area contributed by atoms with Crippen LogP contribution in [0.2, 0.25) is 0 Å². The first-order chi connectivity index (χ1) is 30.7. The fourth-order valence-corrected chi connectivity index (χ4v) is 11.2. The number of benzene rings is 6. The van der Waals surface area contributed by atoms with Gasteiger partial charge in [-0.15, -0.1) is 0 Å². The number of likely N-dealkylation sites (N-methyl/N-ethyl adjacent to an activating group) is 4. The number of ether oxygens (including phenoxy) is 4. The first-order valence-corrected chi connectivity index (χ1v) is 22.6. The van der Waals surface area contributed by atoms with E-state index >= 15 is 0 Å². The topological polar surface area (TPSA) is 66.5 Å². The minimum Gasteiger partial charge on any atom is -0.489 e. The number of fused-ring (bicyclic) bond motifs is 12. The molecule has 6 aliphatic rings. The number of hydrogen-bond acceptors (Lipinski definition) is 8. The van der Waals surface area contributed by atoms with Gasteiger partial charge in [-0.3, -0.25) is 4.79 Å². The minimum atomic E-state index is -0.0216. The van der Waals surface area contributed by atoms with Crippen molar-refractivity contribution in [3.8, 4) is 23.0 Å². The quantitative estimate of drug-likeness (QED) is 0.221. The van der Waals surface area contributed by atoms with E-state index in [2.05, 4.69) is 138 Å². The number of aryl methyl sites for hydroxylation is 2. The minimum absolute atomic E-state index is 0.0216. The zero-order valence-corrected chi connectivity index (χ0v) is 37.4. The van der Waals surface area contributed by atoms with Crippen LogP contribution in [-0.4, -0.2) is 86.6 Å². The van der Waals surface area contributed by atoms with Crippen LogP contribution >= 0.6 is 11.8 Å². The number of hydrogen-bond donors (Lipinski definition) is 0. The average molecular weight is 855 g/mol. The molecule has 12 rings (SSSR count). The molecule has 0 amide bonds. The summed E-state index contributed by atoms with van der Waals surface area (Å²) in [5.41, 5.74) is 12.7. The summed E-state index contributed by atoms with van der Waals surface area (Å²) in [7, 11) is 8.37. The van der Waals surface area contributed by atoms with Gasteiger partial charge in [-0.25, -0.2) is 9.15 Å². The smallest absolute Gasteiger partial charge is 0.243 e. The van der Waals surface area contributed by atoms with E-state index in [0.29, 0.717) is 49.1 Å². The Morgan fingerprint density at radius 1 is 0.508 bits per heavy atom. The molecular weight excluding hydrogens is 805 g/mol. The molecule has 5 aliphatic heterocycles. The van der Waals surface area contributed by atoms with Gasteiger partial charge in [0, 0.05) is 37.0 Å². The molecule has 0 radical (unpaired) electrons. The molecule has 6 aromatic carbocycles. The van der Waals surface area contributed by atoms with E-state index in [1.807, 2.05) is 20.2 Å². The number of anilines is 2. The van der Waals surface area contributed by atoms with Gasteiger partial charge in [-0.05, 0) is 82.3 Å². The van der Waals surface area contributed by atoms with Gasteiger partial charge in [-0.1, -0.05) is 72.4 Å². The van der Waals surface area contributed by atoms with Crippen LogP contribution in [0.1, 0.15) is 49.3 Å². The van der Waals surface area contributed by atoms with Gasteiger partial charge < -0.3 is 28.7 Å². The van der Waals surface area contributed by atoms with E-state index < -0.39 is 0 Å². The Bertz CT molecular complexity index is 3230. The van der Waals surface area contributed by atoms with Gasteiger partial charge >= 0.3 is 0 Å². The standard InChI is InChI=1S/C27H25N2O3.C26H25N2O2S/c1-16-6-4-5-7-17(16)22-18-8-10-20-26(31-14-12-28(20)2)23(18)25(30)24-19(22)9-11-21-27(24)32-15-13-29(21)3;1-16-6-4-5-7-17(16)22-18-8-10-20-23(29-14-12-27(20)2)25(18)31-26-19(22)9-11-21-24(26)30-15-13-28(21)3/h4-11H,12-15H2,1-3H3;4-11H,12-15H2,1-3H3/q2*+1. The summed E-state index contributed by atoms with van der Waals surface area (Å²) in [6, 6.07) is 34.3. The normalized spacial score (nSPS) is 16.5. The monoisotopic (exact) mass is 854 g/mol. The van der Waals surface area contributed by atoms with E-state index in [0.717, 1.165) is 81.7 Å². The number of rotatable bonds is 2. The molecule has 0 atom stereocenters. The maximum Gasteiger partial charge on any atom is 0.243 e. The molecule has 63 heavy (non-hydrogen) atoms. The van der Waals surface area contributed by atoms with Crippen molar-refractivity contribution in [1.82, 2.24) is 9.15 Å². The zero-order valence-electron chi connectivity index (χ0n) is 36.6. The molecule has 0 bridgehead atoms. The average Bonchev–Trinajstić information content (AvgIpc) is 3.29. The fourth-order valence-electron chi connectivity index (χ4n) is 9.91. The third-order valence-electron chi connectivity index (χ3n) is 13.4. The highest BCUT2D eigenvalue weighted by Crippen LogP contribution is 2.50.